The van der Waals surface area contributed by atoms with E-state index in [1.807, 2.05) is 12.1 Å². The van der Waals surface area contributed by atoms with Crippen LogP contribution in [0.2, 0.25) is 10.0 Å². The van der Waals surface area contributed by atoms with Gasteiger partial charge in [-0.05, 0) is 43.2 Å². The van der Waals surface area contributed by atoms with Crippen molar-refractivity contribution in [2.45, 2.75) is 23.0 Å². The minimum Gasteiger partial charge on any atom is -0.370 e. The Balaban J connectivity index is 1.41. The molecule has 0 N–H and O–H groups in total. The van der Waals surface area contributed by atoms with E-state index < -0.39 is 9.84 Å². The summed E-state index contributed by atoms with van der Waals surface area (Å²) < 4.78 is 25.2. The van der Waals surface area contributed by atoms with E-state index in [-0.39, 0.29) is 10.7 Å². The Bertz CT molecular complexity index is 873. The maximum absolute atomic E-state index is 12.6. The van der Waals surface area contributed by atoms with Gasteiger partial charge in [-0.25, -0.2) is 8.42 Å². The lowest BCUT2D eigenvalue weighted by molar-refractivity contribution is 0.0942. The van der Waals surface area contributed by atoms with Crippen LogP contribution in [0.1, 0.15) is 12.8 Å². The van der Waals surface area contributed by atoms with Gasteiger partial charge in [-0.3, -0.25) is 4.98 Å². The number of nitrogens with zero attached hydrogens (tertiary/aromatic N) is 2. The average Bonchev–Trinajstić information content (AvgIpc) is 2.48. The van der Waals surface area contributed by atoms with Gasteiger partial charge in [0.15, 0.2) is 9.84 Å². The second kappa shape index (κ2) is 5.61. The molecule has 2 fully saturated rings. The number of pyridine rings is 1. The number of sulfone groups is 1. The highest BCUT2D eigenvalue weighted by Gasteiger charge is 2.56. The van der Waals surface area contributed by atoms with E-state index in [1.54, 1.807) is 24.4 Å². The predicted octanol–water partition coefficient (Wildman–Crippen LogP) is 3.83. The van der Waals surface area contributed by atoms with Crippen molar-refractivity contribution in [2.24, 2.45) is 5.41 Å². The van der Waals surface area contributed by atoms with Gasteiger partial charge in [0.05, 0.1) is 20.2 Å². The molecule has 1 saturated heterocycles. The number of hydrogen-bond acceptors (Lipinski definition) is 4. The first kappa shape index (κ1) is 16.2. The van der Waals surface area contributed by atoms with Crippen LogP contribution >= 0.6 is 23.2 Å². The zero-order chi connectivity index (χ0) is 16.9. The predicted molar refractivity (Wildman–Crippen MR) is 95.6 cm³/mol. The van der Waals surface area contributed by atoms with E-state index in [2.05, 4.69) is 9.88 Å². The number of benzene rings is 1. The van der Waals surface area contributed by atoms with Gasteiger partial charge in [0, 0.05) is 36.6 Å². The molecule has 2 aromatic rings. The Morgan fingerprint density at radius 3 is 2.50 bits per heavy atom. The lowest BCUT2D eigenvalue weighted by Gasteiger charge is -2.59. The first-order valence-corrected chi connectivity index (χ1v) is 10.0. The molecule has 1 aromatic heterocycles. The van der Waals surface area contributed by atoms with Crippen molar-refractivity contribution in [3.63, 3.8) is 0 Å². The van der Waals surface area contributed by atoms with Crippen molar-refractivity contribution in [1.29, 1.82) is 0 Å². The van der Waals surface area contributed by atoms with Gasteiger partial charge in [0.25, 0.3) is 0 Å². The van der Waals surface area contributed by atoms with Gasteiger partial charge in [-0.1, -0.05) is 23.2 Å². The highest BCUT2D eigenvalue weighted by atomic mass is 35.5. The molecule has 0 radical (unpaired) electrons. The lowest BCUT2D eigenvalue weighted by atomic mass is 9.63. The molecule has 1 aromatic carbocycles. The fourth-order valence-electron chi connectivity index (χ4n) is 3.72. The summed E-state index contributed by atoms with van der Waals surface area (Å²) >= 11 is 12.0. The SMILES string of the molecule is O=S(=O)(c1cccnc1)C1CC2(C1)CN(c1ccc(Cl)c(Cl)c1)C2. The Hall–Kier alpha value is -1.30. The van der Waals surface area contributed by atoms with Crippen LogP contribution in [0.5, 0.6) is 0 Å². The molecule has 0 amide bonds. The maximum Gasteiger partial charge on any atom is 0.182 e. The van der Waals surface area contributed by atoms with E-state index in [4.69, 9.17) is 23.2 Å². The normalized spacial score (nSPS) is 19.8. The monoisotopic (exact) mass is 382 g/mol. The van der Waals surface area contributed by atoms with Crippen molar-refractivity contribution in [1.82, 2.24) is 4.98 Å². The largest absolute Gasteiger partial charge is 0.370 e. The Morgan fingerprint density at radius 1 is 1.12 bits per heavy atom. The molecule has 1 aliphatic carbocycles. The summed E-state index contributed by atoms with van der Waals surface area (Å²) in [6.45, 7) is 1.73. The molecule has 24 heavy (non-hydrogen) atoms. The van der Waals surface area contributed by atoms with Crippen LogP contribution < -0.4 is 4.90 Å². The maximum atomic E-state index is 12.6. The molecule has 4 nitrogen and oxygen atoms in total. The van der Waals surface area contributed by atoms with Gasteiger partial charge < -0.3 is 4.90 Å². The molecular formula is C17H16Cl2N2O2S. The molecule has 126 valence electrons. The summed E-state index contributed by atoms with van der Waals surface area (Å²) in [6, 6.07) is 8.89. The molecule has 7 heteroatoms. The smallest absolute Gasteiger partial charge is 0.182 e. The number of hydrogen-bond donors (Lipinski definition) is 0. The molecule has 1 spiro atoms. The van der Waals surface area contributed by atoms with Crippen molar-refractivity contribution < 1.29 is 8.42 Å². The first-order valence-electron chi connectivity index (χ1n) is 7.74. The number of rotatable bonds is 3. The van der Waals surface area contributed by atoms with Crippen LogP contribution in [-0.2, 0) is 9.84 Å². The minimum atomic E-state index is -3.26. The molecule has 2 heterocycles. The molecular weight excluding hydrogens is 367 g/mol. The van der Waals surface area contributed by atoms with E-state index in [1.165, 1.54) is 6.20 Å². The van der Waals surface area contributed by atoms with E-state index in [0.717, 1.165) is 18.8 Å². The van der Waals surface area contributed by atoms with Crippen LogP contribution in [0, 0.1) is 5.41 Å². The fourth-order valence-corrected chi connectivity index (χ4v) is 6.02. The van der Waals surface area contributed by atoms with E-state index in [0.29, 0.717) is 27.8 Å². The zero-order valence-electron chi connectivity index (χ0n) is 12.8. The summed E-state index contributed by atoms with van der Waals surface area (Å²) in [7, 11) is -3.26. The van der Waals surface area contributed by atoms with E-state index in [9.17, 15) is 8.42 Å². The average molecular weight is 383 g/mol. The van der Waals surface area contributed by atoms with Crippen molar-refractivity contribution in [3.05, 3.63) is 52.8 Å². The summed E-state index contributed by atoms with van der Waals surface area (Å²) in [6.07, 6.45) is 4.44. The quantitative estimate of drug-likeness (QED) is 0.809. The zero-order valence-corrected chi connectivity index (χ0v) is 15.2. The second-order valence-electron chi connectivity index (χ2n) is 6.72. The molecule has 0 atom stereocenters. The van der Waals surface area contributed by atoms with Crippen molar-refractivity contribution >= 4 is 38.7 Å². The van der Waals surface area contributed by atoms with Gasteiger partial charge in [-0.15, -0.1) is 0 Å². The number of anilines is 1. The topological polar surface area (TPSA) is 50.3 Å². The third-order valence-corrected chi connectivity index (χ3v) is 7.89. The van der Waals surface area contributed by atoms with Crippen LogP contribution in [0.4, 0.5) is 5.69 Å². The van der Waals surface area contributed by atoms with Crippen molar-refractivity contribution in [3.8, 4) is 0 Å². The number of aromatic nitrogens is 1. The van der Waals surface area contributed by atoms with Crippen LogP contribution in [0.15, 0.2) is 47.6 Å². The Kier molecular flexibility index (Phi) is 3.79. The summed E-state index contributed by atoms with van der Waals surface area (Å²) in [4.78, 5) is 6.46. The van der Waals surface area contributed by atoms with Crippen LogP contribution in [-0.4, -0.2) is 31.7 Å². The molecule has 0 bridgehead atoms. The van der Waals surface area contributed by atoms with Gasteiger partial charge in [-0.2, -0.15) is 0 Å². The third-order valence-electron chi connectivity index (χ3n) is 5.04. The summed E-state index contributed by atoms with van der Waals surface area (Å²) in [5.41, 5.74) is 1.15. The lowest BCUT2D eigenvalue weighted by Crippen LogP contribution is -2.65. The van der Waals surface area contributed by atoms with E-state index >= 15 is 0 Å². The van der Waals surface area contributed by atoms with Gasteiger partial charge in [0.2, 0.25) is 0 Å². The molecule has 2 aliphatic rings. The molecule has 4 rings (SSSR count). The molecule has 0 unspecified atom stereocenters. The molecule has 1 aliphatic heterocycles. The highest BCUT2D eigenvalue weighted by Crippen LogP contribution is 2.53. The first-order chi connectivity index (χ1) is 11.4. The molecule has 1 saturated carbocycles. The van der Waals surface area contributed by atoms with Gasteiger partial charge >= 0.3 is 0 Å². The van der Waals surface area contributed by atoms with Gasteiger partial charge in [0.1, 0.15) is 0 Å². The Morgan fingerprint density at radius 2 is 1.88 bits per heavy atom. The summed E-state index contributed by atoms with van der Waals surface area (Å²) in [5, 5.41) is 0.792. The van der Waals surface area contributed by atoms with Crippen LogP contribution in [0.25, 0.3) is 0 Å². The standard InChI is InChI=1S/C17H16Cl2N2O2S/c18-15-4-3-12(6-16(15)19)21-10-17(11-21)7-14(8-17)24(22,23)13-2-1-5-20-9-13/h1-6,9,14H,7-8,10-11H2. The Labute approximate surface area is 151 Å². The number of halogens is 2. The summed E-state index contributed by atoms with van der Waals surface area (Å²) in [5.74, 6) is 0. The third kappa shape index (κ3) is 2.59. The highest BCUT2D eigenvalue weighted by molar-refractivity contribution is 7.92. The second-order valence-corrected chi connectivity index (χ2v) is 9.76. The fraction of sp³-hybridized carbons (Fsp3) is 0.353. The van der Waals surface area contributed by atoms with Crippen LogP contribution in [0.3, 0.4) is 0 Å². The van der Waals surface area contributed by atoms with Crippen molar-refractivity contribution in [2.75, 3.05) is 18.0 Å². The minimum absolute atomic E-state index is 0.117.